The van der Waals surface area contributed by atoms with Gasteiger partial charge in [0.1, 0.15) is 5.75 Å². The van der Waals surface area contributed by atoms with E-state index in [-0.39, 0.29) is 6.04 Å². The van der Waals surface area contributed by atoms with E-state index >= 15 is 0 Å². The van der Waals surface area contributed by atoms with Crippen molar-refractivity contribution in [1.82, 2.24) is 0 Å². The van der Waals surface area contributed by atoms with Crippen molar-refractivity contribution in [1.29, 1.82) is 0 Å². The van der Waals surface area contributed by atoms with E-state index < -0.39 is 0 Å². The van der Waals surface area contributed by atoms with Crippen LogP contribution in [0, 0.1) is 6.92 Å². The maximum atomic E-state index is 6.30. The second-order valence-corrected chi connectivity index (χ2v) is 5.58. The maximum Gasteiger partial charge on any atom is 0.121 e. The second-order valence-electron chi connectivity index (χ2n) is 4.35. The number of hydrogen-bond acceptors (Lipinski definition) is 2. The summed E-state index contributed by atoms with van der Waals surface area (Å²) in [5.74, 6) is 0.858. The molecule has 0 saturated carbocycles. The highest BCUT2D eigenvalue weighted by Gasteiger charge is 2.15. The molecule has 1 unspecified atom stereocenters. The number of hydrogen-bond donors (Lipinski definition) is 1. The van der Waals surface area contributed by atoms with Crippen LogP contribution in [0.25, 0.3) is 0 Å². The van der Waals surface area contributed by atoms with Crippen LogP contribution in [0.5, 0.6) is 5.75 Å². The fourth-order valence-corrected chi connectivity index (χ4v) is 2.66. The smallest absolute Gasteiger partial charge is 0.121 e. The minimum Gasteiger partial charge on any atom is -0.496 e. The first-order valence-electron chi connectivity index (χ1n) is 5.88. The Morgan fingerprint density at radius 2 is 2.00 bits per heavy atom. The molecule has 0 radical (unpaired) electrons. The first-order chi connectivity index (χ1) is 9.04. The van der Waals surface area contributed by atoms with E-state index in [0.29, 0.717) is 5.02 Å². The fourth-order valence-electron chi connectivity index (χ4n) is 2.04. The van der Waals surface area contributed by atoms with Crippen LogP contribution in [0.4, 0.5) is 0 Å². The molecule has 2 nitrogen and oxygen atoms in total. The van der Waals surface area contributed by atoms with Crippen molar-refractivity contribution in [3.8, 4) is 5.75 Å². The molecule has 0 aliphatic rings. The molecular formula is C15H15BrClNO. The van der Waals surface area contributed by atoms with Gasteiger partial charge in [-0.15, -0.1) is 0 Å². The molecule has 0 aliphatic heterocycles. The van der Waals surface area contributed by atoms with Crippen LogP contribution in [0.1, 0.15) is 22.7 Å². The molecule has 2 aromatic rings. The number of ether oxygens (including phenoxy) is 1. The van der Waals surface area contributed by atoms with Crippen molar-refractivity contribution in [3.63, 3.8) is 0 Å². The summed E-state index contributed by atoms with van der Waals surface area (Å²) in [4.78, 5) is 0. The Morgan fingerprint density at radius 1 is 1.26 bits per heavy atom. The van der Waals surface area contributed by atoms with Gasteiger partial charge in [-0.2, -0.15) is 0 Å². The molecule has 0 spiro atoms. The van der Waals surface area contributed by atoms with Gasteiger partial charge < -0.3 is 10.5 Å². The third kappa shape index (κ3) is 2.94. The Balaban J connectivity index is 2.41. The maximum absolute atomic E-state index is 6.30. The van der Waals surface area contributed by atoms with Gasteiger partial charge in [0.15, 0.2) is 0 Å². The number of benzene rings is 2. The van der Waals surface area contributed by atoms with Gasteiger partial charge in [-0.05, 0) is 51.7 Å². The van der Waals surface area contributed by atoms with Gasteiger partial charge in [0.2, 0.25) is 0 Å². The lowest BCUT2D eigenvalue weighted by atomic mass is 9.98. The van der Waals surface area contributed by atoms with Gasteiger partial charge in [0.05, 0.1) is 18.2 Å². The Labute approximate surface area is 126 Å². The monoisotopic (exact) mass is 339 g/mol. The molecule has 0 amide bonds. The van der Waals surface area contributed by atoms with Crippen LogP contribution in [0.3, 0.4) is 0 Å². The summed E-state index contributed by atoms with van der Waals surface area (Å²) in [6, 6.07) is 11.4. The van der Waals surface area contributed by atoms with E-state index in [9.17, 15) is 0 Å². The Bertz CT molecular complexity index is 601. The summed E-state index contributed by atoms with van der Waals surface area (Å²) >= 11 is 9.70. The zero-order valence-corrected chi connectivity index (χ0v) is 13.1. The van der Waals surface area contributed by atoms with Gasteiger partial charge in [-0.3, -0.25) is 0 Å². The normalized spacial score (nSPS) is 12.3. The second kappa shape index (κ2) is 5.95. The molecule has 0 aliphatic carbocycles. The summed E-state index contributed by atoms with van der Waals surface area (Å²) in [6.07, 6.45) is 0. The summed E-state index contributed by atoms with van der Waals surface area (Å²) in [5.41, 5.74) is 9.27. The highest BCUT2D eigenvalue weighted by atomic mass is 79.9. The van der Waals surface area contributed by atoms with Crippen molar-refractivity contribution in [2.45, 2.75) is 13.0 Å². The number of aryl methyl sites for hydroxylation is 1. The first-order valence-corrected chi connectivity index (χ1v) is 7.05. The van der Waals surface area contributed by atoms with Gasteiger partial charge in [-0.25, -0.2) is 0 Å². The minimum absolute atomic E-state index is 0.255. The quantitative estimate of drug-likeness (QED) is 0.895. The van der Waals surface area contributed by atoms with Crippen LogP contribution >= 0.6 is 27.5 Å². The third-order valence-corrected chi connectivity index (χ3v) is 4.41. The first kappa shape index (κ1) is 14.4. The van der Waals surface area contributed by atoms with Crippen LogP contribution in [-0.4, -0.2) is 7.11 Å². The number of halogens is 2. The molecule has 2 aromatic carbocycles. The Kier molecular flexibility index (Phi) is 4.50. The van der Waals surface area contributed by atoms with Crippen LogP contribution < -0.4 is 10.5 Å². The molecule has 0 bridgehead atoms. The third-order valence-electron chi connectivity index (χ3n) is 3.09. The van der Waals surface area contributed by atoms with Crippen molar-refractivity contribution >= 4 is 27.5 Å². The van der Waals surface area contributed by atoms with E-state index in [0.717, 1.165) is 26.9 Å². The molecule has 0 aromatic heterocycles. The highest BCUT2D eigenvalue weighted by molar-refractivity contribution is 9.10. The van der Waals surface area contributed by atoms with Crippen molar-refractivity contribution in [3.05, 3.63) is 62.6 Å². The molecule has 4 heteroatoms. The lowest BCUT2D eigenvalue weighted by Gasteiger charge is -2.16. The van der Waals surface area contributed by atoms with Crippen LogP contribution in [0.2, 0.25) is 5.02 Å². The number of methoxy groups -OCH3 is 1. The fraction of sp³-hybridized carbons (Fsp3) is 0.200. The average Bonchev–Trinajstić information content (AvgIpc) is 2.41. The van der Waals surface area contributed by atoms with E-state index in [4.69, 9.17) is 22.1 Å². The summed E-state index contributed by atoms with van der Waals surface area (Å²) < 4.78 is 6.11. The summed E-state index contributed by atoms with van der Waals surface area (Å²) in [5, 5.41) is 0.656. The predicted octanol–water partition coefficient (Wildman–Crippen LogP) is 4.47. The van der Waals surface area contributed by atoms with E-state index in [2.05, 4.69) is 15.9 Å². The Hall–Kier alpha value is -1.03. The highest BCUT2D eigenvalue weighted by Crippen LogP contribution is 2.33. The molecule has 2 N–H and O–H groups in total. The van der Waals surface area contributed by atoms with Gasteiger partial charge >= 0.3 is 0 Å². The van der Waals surface area contributed by atoms with Crippen LogP contribution in [0.15, 0.2) is 40.9 Å². The van der Waals surface area contributed by atoms with E-state index in [1.54, 1.807) is 7.11 Å². The number of nitrogens with two attached hydrogens (primary N) is 1. The van der Waals surface area contributed by atoms with Crippen molar-refractivity contribution in [2.24, 2.45) is 5.73 Å². The summed E-state index contributed by atoms with van der Waals surface area (Å²) in [7, 11) is 1.66. The molecule has 1 atom stereocenters. The zero-order valence-electron chi connectivity index (χ0n) is 10.8. The van der Waals surface area contributed by atoms with Crippen molar-refractivity contribution in [2.75, 3.05) is 7.11 Å². The van der Waals surface area contributed by atoms with E-state index in [1.807, 2.05) is 43.3 Å². The largest absolute Gasteiger partial charge is 0.496 e. The predicted molar refractivity (Wildman–Crippen MR) is 82.9 cm³/mol. The topological polar surface area (TPSA) is 35.2 Å². The Morgan fingerprint density at radius 3 is 2.63 bits per heavy atom. The van der Waals surface area contributed by atoms with Gasteiger partial charge in [0.25, 0.3) is 0 Å². The number of rotatable bonds is 3. The van der Waals surface area contributed by atoms with Gasteiger partial charge in [0, 0.05) is 4.47 Å². The molecule has 19 heavy (non-hydrogen) atoms. The lowest BCUT2D eigenvalue weighted by molar-refractivity contribution is 0.411. The summed E-state index contributed by atoms with van der Waals surface area (Å²) in [6.45, 7) is 2.00. The molecule has 0 heterocycles. The molecular weight excluding hydrogens is 326 g/mol. The SMILES string of the molecule is COc1ccc(C(N)c2cccc(Br)c2Cl)cc1C. The van der Waals surface area contributed by atoms with Crippen LogP contribution in [-0.2, 0) is 0 Å². The minimum atomic E-state index is -0.255. The van der Waals surface area contributed by atoms with E-state index in [1.165, 1.54) is 0 Å². The molecule has 100 valence electrons. The molecule has 2 rings (SSSR count). The standard InChI is InChI=1S/C15H15BrClNO/c1-9-8-10(6-7-13(9)19-2)15(18)11-4-3-5-12(16)14(11)17/h3-8,15H,18H2,1-2H3. The molecule has 0 saturated heterocycles. The lowest BCUT2D eigenvalue weighted by Crippen LogP contribution is -2.12. The van der Waals surface area contributed by atoms with Gasteiger partial charge in [-0.1, -0.05) is 35.9 Å². The average molecular weight is 341 g/mol. The van der Waals surface area contributed by atoms with Crippen molar-refractivity contribution < 1.29 is 4.74 Å². The zero-order chi connectivity index (χ0) is 14.0. The molecule has 0 fully saturated rings.